The highest BCUT2D eigenvalue weighted by molar-refractivity contribution is 7.73. The van der Waals surface area contributed by atoms with E-state index in [0.717, 1.165) is 42.0 Å². The van der Waals surface area contributed by atoms with Crippen LogP contribution in [0.1, 0.15) is 87.0 Å². The summed E-state index contributed by atoms with van der Waals surface area (Å²) >= 11 is 0. The number of amidine groups is 5. The summed E-state index contributed by atoms with van der Waals surface area (Å²) < 4.78 is 35.9. The van der Waals surface area contributed by atoms with E-state index in [0.29, 0.717) is 109 Å². The molecule has 123 heavy (non-hydrogen) atoms. The fourth-order valence-electron chi connectivity index (χ4n) is 13.8. The lowest BCUT2D eigenvalue weighted by Gasteiger charge is -2.37. The standard InChI is InChI=1S/C21H40N3O4PSi.C18H30N3O4P.C15H26N3O4P.2C15H26N3O3P/c1-14-23-19(22)15(13-27-30(8,9)21(2,3)4)12-24(14)20-18(26)17(25)16(28-20)10-11-29(5,6)7;1-7-13-10-21(11(2)19-17(13)20-12(3)22)18-16(24)15(23)14(25-18)8-9-26(4,5)6;1-9-17-14(16)10(8-19)7-18(9)15-13(21)12(20)11(22-15)5-6-23(2,3)4;1-10-17-12(16)6-8-18(10)14-15(2,20)13(19)11(21-14)7-9-22(3,4)5;1-9-8-18(10(2)17-14(9)16)15-13(20)12(19)11(21-15)6-7-22(3,4)5/h12,16-18,20,25-26H,1,5,10-11,13H2,2-4,6-9H3,(H2,22,23);10,14-16,18,23-24H,2,4,7-9H2,1,3,5-6H3,(H,19,20,22);7,11-13,15,19-21H,1-2,5-6,8H2,3-4H3,(H2,16,17);6,8,11,13-14,19-20H,1,3,7,9H2,2,4-5H3,(H2,16,17);8,11-13,15,19-20H,2-3,6-7H2,1,4-5H3,(H2,16,17)/t16-,17-,18-,20-;14-,15-,16-,18-;11-,12-,13-,15-;11-,13-,14-,15+;11-,12-,13-,15-/m11111/s1. The smallest absolute Gasteiger partial charge is 0.222 e. The van der Waals surface area contributed by atoms with Gasteiger partial charge in [-0.05, 0) is 174 Å². The first-order valence-electron chi connectivity index (χ1n) is 41.2. The lowest BCUT2D eigenvalue weighted by Crippen LogP contribution is -2.51. The molecule has 0 aromatic heterocycles. The fraction of sp³-hybridized carbons (Fsp3) is 0.631. The van der Waals surface area contributed by atoms with E-state index >= 15 is 0 Å². The second kappa shape index (κ2) is 42.8. The molecule has 10 rings (SSSR count). The van der Waals surface area contributed by atoms with Gasteiger partial charge in [-0.3, -0.25) is 4.79 Å². The predicted molar refractivity (Wildman–Crippen MR) is 515 cm³/mol. The molecule has 0 aliphatic carbocycles. The Labute approximate surface area is 731 Å². The number of nitrogens with two attached hydrogens (primary N) is 4. The summed E-state index contributed by atoms with van der Waals surface area (Å²) in [6.45, 7) is 52.1. The van der Waals surface area contributed by atoms with E-state index < -0.39 is 165 Å². The minimum atomic E-state index is -1.97. The van der Waals surface area contributed by atoms with Crippen LogP contribution in [0.3, 0.4) is 0 Å². The number of carbonyl (C=O) groups excluding carboxylic acids is 1. The third-order valence-electron chi connectivity index (χ3n) is 22.5. The second-order valence-corrected chi connectivity index (χ2v) is 64.5. The van der Waals surface area contributed by atoms with Crippen LogP contribution in [0.25, 0.3) is 0 Å². The van der Waals surface area contributed by atoms with Gasteiger partial charge < -0.3 is 137 Å². The molecule has 0 aromatic carbocycles. The average Bonchev–Trinajstić information content (AvgIpc) is 1.68. The molecule has 0 spiro atoms. The molecule has 20 N–H and O–H groups in total. The SMILES string of the molecule is C=C1N=C(N)C(C)=CN1[C@@H]1O[C@H](CCP(=C)(C)C)[C@@H](O)[C@H]1O.C=C1N=C(N)C(CO)=CN1[C@@H]1O[C@H](CCP(=C)(C)C)[C@@H](O)[C@H]1O.C=C1N=C(N)C(CO[Si](C)(C)C(C)(C)C)=CN1[C@@H]1O[C@H](CCP(=C)(C)C)[C@@H](O)[C@H]1O.C=C1N=C(N)C=CN1[C@@H]1O[C@H](CCP(=C)(C)C)[C@@H](O)[C@]1(C)O.C=C1N=C(NC(C)=O)C(CC)=CN1[C@@H]1O[C@H](CCP(=C)(C)C)[C@@H](O)[C@H]1O. The normalized spacial score (nSPS) is 31.5. The molecule has 696 valence electrons. The van der Waals surface area contributed by atoms with Gasteiger partial charge in [-0.25, -0.2) is 25.0 Å². The number of ether oxygens (including phenoxy) is 5. The predicted octanol–water partition coefficient (Wildman–Crippen LogP) is 4.44. The van der Waals surface area contributed by atoms with Crippen LogP contribution < -0.4 is 28.3 Å². The van der Waals surface area contributed by atoms with Crippen LogP contribution in [0.5, 0.6) is 0 Å². The maximum absolute atomic E-state index is 11.3. The first-order chi connectivity index (χ1) is 56.3. The van der Waals surface area contributed by atoms with Crippen molar-refractivity contribution in [2.24, 2.45) is 47.9 Å². The Hall–Kier alpha value is -5.54. The number of nitrogens with zero attached hydrogens (tertiary/aromatic N) is 10. The van der Waals surface area contributed by atoms with Gasteiger partial charge in [-0.2, -0.15) is 0 Å². The number of carbonyl (C=O) groups is 1. The summed E-state index contributed by atoms with van der Waals surface area (Å²) in [7, 11) is -1.97. The molecule has 5 saturated heterocycles. The minimum absolute atomic E-state index is 0.0735. The van der Waals surface area contributed by atoms with Crippen molar-refractivity contribution in [3.8, 4) is 0 Å². The van der Waals surface area contributed by atoms with Crippen LogP contribution in [-0.2, 0) is 32.9 Å². The van der Waals surface area contributed by atoms with Crippen LogP contribution in [0, 0.1) is 0 Å². The largest absolute Gasteiger partial charge is 0.412 e. The number of aliphatic imine (C=N–C) groups is 5. The van der Waals surface area contributed by atoms with Crippen molar-refractivity contribution in [1.82, 2.24) is 29.8 Å². The topological polar surface area (TPSA) is 489 Å². The van der Waals surface area contributed by atoms with Crippen molar-refractivity contribution < 1.29 is 89.1 Å². The van der Waals surface area contributed by atoms with E-state index in [1.807, 2.05) is 13.8 Å². The number of aliphatic hydroxyl groups is 11. The summed E-state index contributed by atoms with van der Waals surface area (Å²) in [6, 6.07) is 0. The van der Waals surface area contributed by atoms with Crippen molar-refractivity contribution >= 4 is 109 Å². The molecular weight excluding hydrogens is 1690 g/mol. The van der Waals surface area contributed by atoms with Crippen molar-refractivity contribution in [3.63, 3.8) is 0 Å². The van der Waals surface area contributed by atoms with E-state index in [4.69, 9.17) is 51.0 Å². The number of nitrogens with one attached hydrogen (secondary N) is 1. The molecule has 33 nitrogen and oxygen atoms in total. The van der Waals surface area contributed by atoms with Gasteiger partial charge in [0.15, 0.2) is 39.5 Å². The van der Waals surface area contributed by atoms with Gasteiger partial charge in [0.25, 0.3) is 0 Å². The van der Waals surface area contributed by atoms with Gasteiger partial charge in [0.1, 0.15) is 119 Å². The van der Waals surface area contributed by atoms with Gasteiger partial charge in [0.05, 0.1) is 43.7 Å². The zero-order valence-corrected chi connectivity index (χ0v) is 81.5. The number of aliphatic hydroxyl groups excluding tert-OH is 10. The van der Waals surface area contributed by atoms with Crippen LogP contribution >= 0.6 is 34.4 Å². The van der Waals surface area contributed by atoms with Crippen LogP contribution in [0.15, 0.2) is 146 Å². The molecule has 0 unspecified atom stereocenters. The summed E-state index contributed by atoms with van der Waals surface area (Å²) in [5.74, 6) is 3.29. The average molecular weight is 1840 g/mol. The Morgan fingerprint density at radius 2 is 0.821 bits per heavy atom. The van der Waals surface area contributed by atoms with Crippen molar-refractivity contribution in [2.45, 2.75) is 227 Å². The molecule has 5 fully saturated rings. The third kappa shape index (κ3) is 29.2. The van der Waals surface area contributed by atoms with Gasteiger partial charge in [-0.1, -0.05) is 60.6 Å². The lowest BCUT2D eigenvalue weighted by molar-refractivity contribution is -0.117. The molecule has 1 amide bonds. The fourth-order valence-corrected chi connectivity index (χ4v) is 19.5. The summed E-state index contributed by atoms with van der Waals surface area (Å²) in [6.07, 6.45) is 24.1. The van der Waals surface area contributed by atoms with Gasteiger partial charge in [0, 0.05) is 60.2 Å². The monoisotopic (exact) mass is 1840 g/mol. The van der Waals surface area contributed by atoms with Crippen LogP contribution in [-0.4, -0.2) is 388 Å². The third-order valence-corrected chi connectivity index (χ3v) is 34.3. The van der Waals surface area contributed by atoms with E-state index in [2.05, 4.69) is 195 Å². The van der Waals surface area contributed by atoms with E-state index in [1.54, 1.807) is 63.6 Å². The number of hydrogen-bond acceptors (Lipinski definition) is 32. The lowest BCUT2D eigenvalue weighted by atomic mass is 9.95. The Morgan fingerprint density at radius 1 is 0.504 bits per heavy atom. The molecule has 0 aromatic rings. The highest BCUT2D eigenvalue weighted by Crippen LogP contribution is 2.46. The molecule has 10 aliphatic rings. The molecule has 0 saturated carbocycles. The zero-order valence-electron chi connectivity index (χ0n) is 76.0. The van der Waals surface area contributed by atoms with Gasteiger partial charge in [0.2, 0.25) is 5.91 Å². The van der Waals surface area contributed by atoms with Crippen molar-refractivity contribution in [1.29, 1.82) is 0 Å². The Balaban J connectivity index is 0.000000239. The highest BCUT2D eigenvalue weighted by atomic mass is 31.2. The zero-order chi connectivity index (χ0) is 93.4. The van der Waals surface area contributed by atoms with Gasteiger partial charge in [-0.15, -0.1) is 65.9 Å². The number of hydrogen-bond donors (Lipinski definition) is 16. The highest BCUT2D eigenvalue weighted by Gasteiger charge is 2.56. The molecule has 0 bridgehead atoms. The molecule has 10 heterocycles. The van der Waals surface area contributed by atoms with Gasteiger partial charge >= 0.3 is 0 Å². The number of amides is 1. The first kappa shape index (κ1) is 106. The molecular formula is C84H148N15O18P5Si. The Morgan fingerprint density at radius 3 is 1.15 bits per heavy atom. The Kier molecular flexibility index (Phi) is 37.0. The van der Waals surface area contributed by atoms with Crippen molar-refractivity contribution in [3.05, 3.63) is 121 Å². The van der Waals surface area contributed by atoms with E-state index in [1.165, 1.54) is 11.8 Å². The summed E-state index contributed by atoms with van der Waals surface area (Å²) in [5.41, 5.74) is 24.5. The van der Waals surface area contributed by atoms with Crippen molar-refractivity contribution in [2.75, 3.05) is 111 Å². The number of rotatable bonds is 25. The molecule has 39 heteroatoms. The minimum Gasteiger partial charge on any atom is -0.412 e. The van der Waals surface area contributed by atoms with E-state index in [9.17, 15) is 61.0 Å². The van der Waals surface area contributed by atoms with Crippen LogP contribution in [0.2, 0.25) is 18.1 Å². The molecule has 20 atom stereocenters. The Bertz CT molecular complexity index is 4430. The van der Waals surface area contributed by atoms with Crippen LogP contribution in [0.4, 0.5) is 0 Å². The molecule has 10 aliphatic heterocycles. The maximum atomic E-state index is 11.3. The second-order valence-electron chi connectivity index (χ2n) is 38.1. The summed E-state index contributed by atoms with van der Waals surface area (Å²) in [5, 5.41) is 116. The van der Waals surface area contributed by atoms with E-state index in [-0.39, 0.29) is 23.4 Å². The quantitative estimate of drug-likeness (QED) is 0.0443. The first-order valence-corrected chi connectivity index (χ1v) is 59.3. The maximum Gasteiger partial charge on any atom is 0.222 e. The summed E-state index contributed by atoms with van der Waals surface area (Å²) in [4.78, 5) is 40.3. The molecule has 0 radical (unpaired) electrons.